The van der Waals surface area contributed by atoms with E-state index in [-0.39, 0.29) is 0 Å². The standard InChI is InChI=1S/C13H15N3O/c1-10-5-3-4-6-11(10)7-15-12-8-14-9-13(16-12)17-2/h3-6,8-9H,7H2,1-2H3,(H,15,16). The van der Waals surface area contributed by atoms with E-state index in [1.165, 1.54) is 11.1 Å². The number of nitrogens with one attached hydrogen (secondary N) is 1. The third-order valence-corrected chi connectivity index (χ3v) is 2.54. The maximum atomic E-state index is 5.02. The normalized spacial score (nSPS) is 10.0. The topological polar surface area (TPSA) is 47.0 Å². The zero-order chi connectivity index (χ0) is 12.1. The molecule has 0 aliphatic rings. The molecule has 0 atom stereocenters. The number of methoxy groups -OCH3 is 1. The van der Waals surface area contributed by atoms with Crippen LogP contribution in [0.25, 0.3) is 0 Å². The molecule has 0 spiro atoms. The van der Waals surface area contributed by atoms with E-state index < -0.39 is 0 Å². The van der Waals surface area contributed by atoms with Crippen molar-refractivity contribution in [2.24, 2.45) is 0 Å². The number of anilines is 1. The smallest absolute Gasteiger partial charge is 0.233 e. The molecule has 17 heavy (non-hydrogen) atoms. The Labute approximate surface area is 101 Å². The molecule has 0 saturated heterocycles. The molecule has 1 aromatic carbocycles. The molecule has 0 saturated carbocycles. The molecule has 4 heteroatoms. The lowest BCUT2D eigenvalue weighted by Gasteiger charge is -2.08. The van der Waals surface area contributed by atoms with Gasteiger partial charge >= 0.3 is 0 Å². The first-order valence-electron chi connectivity index (χ1n) is 5.44. The monoisotopic (exact) mass is 229 g/mol. The van der Waals surface area contributed by atoms with E-state index in [2.05, 4.69) is 34.3 Å². The van der Waals surface area contributed by atoms with Crippen LogP contribution in [0.2, 0.25) is 0 Å². The Balaban J connectivity index is 2.05. The van der Waals surface area contributed by atoms with Gasteiger partial charge in [-0.25, -0.2) is 0 Å². The van der Waals surface area contributed by atoms with Gasteiger partial charge in [-0.3, -0.25) is 4.98 Å². The summed E-state index contributed by atoms with van der Waals surface area (Å²) >= 11 is 0. The van der Waals surface area contributed by atoms with Gasteiger partial charge in [-0.2, -0.15) is 4.98 Å². The van der Waals surface area contributed by atoms with Crippen LogP contribution >= 0.6 is 0 Å². The molecule has 2 aromatic rings. The average molecular weight is 229 g/mol. The van der Waals surface area contributed by atoms with Crippen LogP contribution in [-0.4, -0.2) is 17.1 Å². The minimum Gasteiger partial charge on any atom is -0.480 e. The number of nitrogens with zero attached hydrogens (tertiary/aromatic N) is 2. The number of benzene rings is 1. The number of hydrogen-bond acceptors (Lipinski definition) is 4. The Kier molecular flexibility index (Phi) is 3.55. The van der Waals surface area contributed by atoms with Crippen LogP contribution in [-0.2, 0) is 6.54 Å². The summed E-state index contributed by atoms with van der Waals surface area (Å²) in [6.45, 7) is 2.82. The van der Waals surface area contributed by atoms with Crippen LogP contribution in [0.4, 0.5) is 5.82 Å². The van der Waals surface area contributed by atoms with Gasteiger partial charge < -0.3 is 10.1 Å². The Bertz CT molecular complexity index is 500. The van der Waals surface area contributed by atoms with E-state index in [0.29, 0.717) is 11.7 Å². The summed E-state index contributed by atoms with van der Waals surface area (Å²) in [4.78, 5) is 8.28. The average Bonchev–Trinajstić information content (AvgIpc) is 2.38. The maximum Gasteiger partial charge on any atom is 0.233 e. The van der Waals surface area contributed by atoms with Crippen LogP contribution in [0, 0.1) is 6.92 Å². The van der Waals surface area contributed by atoms with E-state index in [0.717, 1.165) is 6.54 Å². The summed E-state index contributed by atoms with van der Waals surface area (Å²) in [5, 5.41) is 3.22. The molecular weight excluding hydrogens is 214 g/mol. The van der Waals surface area contributed by atoms with Crippen LogP contribution in [0.1, 0.15) is 11.1 Å². The van der Waals surface area contributed by atoms with Crippen molar-refractivity contribution in [3.63, 3.8) is 0 Å². The molecule has 88 valence electrons. The molecule has 0 unspecified atom stereocenters. The quantitative estimate of drug-likeness (QED) is 0.874. The van der Waals surface area contributed by atoms with Crippen molar-refractivity contribution in [3.8, 4) is 5.88 Å². The van der Waals surface area contributed by atoms with Crippen molar-refractivity contribution in [2.75, 3.05) is 12.4 Å². The van der Waals surface area contributed by atoms with Crippen LogP contribution in [0.5, 0.6) is 5.88 Å². The zero-order valence-electron chi connectivity index (χ0n) is 9.97. The third kappa shape index (κ3) is 2.93. The lowest BCUT2D eigenvalue weighted by Crippen LogP contribution is -2.03. The molecule has 1 aromatic heterocycles. The van der Waals surface area contributed by atoms with Crippen molar-refractivity contribution >= 4 is 5.82 Å². The van der Waals surface area contributed by atoms with E-state index in [1.807, 2.05) is 12.1 Å². The molecule has 1 N–H and O–H groups in total. The summed E-state index contributed by atoms with van der Waals surface area (Å²) in [6, 6.07) is 8.25. The van der Waals surface area contributed by atoms with Crippen molar-refractivity contribution in [1.82, 2.24) is 9.97 Å². The summed E-state index contributed by atoms with van der Waals surface area (Å²) < 4.78 is 5.02. The molecule has 0 aliphatic carbocycles. The largest absolute Gasteiger partial charge is 0.480 e. The predicted octanol–water partition coefficient (Wildman–Crippen LogP) is 2.41. The lowest BCUT2D eigenvalue weighted by atomic mass is 10.1. The minimum atomic E-state index is 0.514. The highest BCUT2D eigenvalue weighted by Gasteiger charge is 2.00. The van der Waals surface area contributed by atoms with Crippen molar-refractivity contribution < 1.29 is 4.74 Å². The number of hydrogen-bond donors (Lipinski definition) is 1. The third-order valence-electron chi connectivity index (χ3n) is 2.54. The summed E-state index contributed by atoms with van der Waals surface area (Å²) in [5.41, 5.74) is 2.51. The van der Waals surface area contributed by atoms with Crippen molar-refractivity contribution in [1.29, 1.82) is 0 Å². The van der Waals surface area contributed by atoms with Crippen LogP contribution in [0.15, 0.2) is 36.7 Å². The van der Waals surface area contributed by atoms with Gasteiger partial charge in [0.2, 0.25) is 5.88 Å². The first-order chi connectivity index (χ1) is 8.29. The summed E-state index contributed by atoms with van der Waals surface area (Å²) in [7, 11) is 1.58. The summed E-state index contributed by atoms with van der Waals surface area (Å²) in [6.07, 6.45) is 3.26. The highest BCUT2D eigenvalue weighted by Crippen LogP contribution is 2.12. The zero-order valence-corrected chi connectivity index (χ0v) is 9.97. The maximum absolute atomic E-state index is 5.02. The van der Waals surface area contributed by atoms with E-state index in [9.17, 15) is 0 Å². The minimum absolute atomic E-state index is 0.514. The second kappa shape index (κ2) is 5.30. The molecule has 0 amide bonds. The first kappa shape index (κ1) is 11.4. The van der Waals surface area contributed by atoms with Crippen LogP contribution < -0.4 is 10.1 Å². The van der Waals surface area contributed by atoms with Gasteiger partial charge in [-0.1, -0.05) is 24.3 Å². The fraction of sp³-hybridized carbons (Fsp3) is 0.231. The molecule has 0 aliphatic heterocycles. The number of aromatic nitrogens is 2. The van der Waals surface area contributed by atoms with Gasteiger partial charge in [-0.15, -0.1) is 0 Å². The van der Waals surface area contributed by atoms with Gasteiger partial charge in [0.15, 0.2) is 0 Å². The predicted molar refractivity (Wildman–Crippen MR) is 67.1 cm³/mol. The van der Waals surface area contributed by atoms with Crippen LogP contribution in [0.3, 0.4) is 0 Å². The summed E-state index contributed by atoms with van der Waals surface area (Å²) in [5.74, 6) is 1.23. The Hall–Kier alpha value is -2.10. The van der Waals surface area contributed by atoms with Gasteiger partial charge in [0.05, 0.1) is 19.5 Å². The number of rotatable bonds is 4. The first-order valence-corrected chi connectivity index (χ1v) is 5.44. The second-order valence-electron chi connectivity index (χ2n) is 3.73. The van der Waals surface area contributed by atoms with Gasteiger partial charge in [0.25, 0.3) is 0 Å². The van der Waals surface area contributed by atoms with E-state index >= 15 is 0 Å². The SMILES string of the molecule is COc1cncc(NCc2ccccc2C)n1. The molecule has 1 heterocycles. The molecule has 4 nitrogen and oxygen atoms in total. The Morgan fingerprint density at radius 3 is 2.82 bits per heavy atom. The molecular formula is C13H15N3O. The fourth-order valence-corrected chi connectivity index (χ4v) is 1.53. The Morgan fingerprint density at radius 2 is 2.06 bits per heavy atom. The Morgan fingerprint density at radius 1 is 1.24 bits per heavy atom. The lowest BCUT2D eigenvalue weighted by molar-refractivity contribution is 0.396. The van der Waals surface area contributed by atoms with Crippen molar-refractivity contribution in [2.45, 2.75) is 13.5 Å². The second-order valence-corrected chi connectivity index (χ2v) is 3.73. The molecule has 2 rings (SSSR count). The molecule has 0 radical (unpaired) electrons. The van der Waals surface area contributed by atoms with E-state index in [1.54, 1.807) is 19.5 Å². The number of ether oxygens (including phenoxy) is 1. The van der Waals surface area contributed by atoms with E-state index in [4.69, 9.17) is 4.74 Å². The highest BCUT2D eigenvalue weighted by atomic mass is 16.5. The van der Waals surface area contributed by atoms with Gasteiger partial charge in [0.1, 0.15) is 5.82 Å². The fourth-order valence-electron chi connectivity index (χ4n) is 1.53. The molecule has 0 bridgehead atoms. The number of aryl methyl sites for hydroxylation is 1. The molecule has 0 fully saturated rings. The van der Waals surface area contributed by atoms with Crippen molar-refractivity contribution in [3.05, 3.63) is 47.8 Å². The van der Waals surface area contributed by atoms with Gasteiger partial charge in [-0.05, 0) is 18.1 Å². The highest BCUT2D eigenvalue weighted by molar-refractivity contribution is 5.36. The van der Waals surface area contributed by atoms with Gasteiger partial charge in [0, 0.05) is 6.54 Å².